The second-order valence-electron chi connectivity index (χ2n) is 8.10. The summed E-state index contributed by atoms with van der Waals surface area (Å²) in [4.78, 5) is 2.35. The van der Waals surface area contributed by atoms with E-state index in [1.165, 1.54) is 38.7 Å². The average molecular weight is 400 g/mol. The average Bonchev–Trinajstić information content (AvgIpc) is 3.12. The van der Waals surface area contributed by atoms with Gasteiger partial charge in [-0.2, -0.15) is 0 Å². The minimum absolute atomic E-state index is 1.15. The van der Waals surface area contributed by atoms with Gasteiger partial charge in [-0.15, -0.1) is 0 Å². The Kier molecular flexibility index (Phi) is 4.60. The van der Waals surface area contributed by atoms with Crippen molar-refractivity contribution in [2.75, 3.05) is 4.90 Å². The Morgan fingerprint density at radius 1 is 0.613 bits per heavy atom. The topological polar surface area (TPSA) is 3.24 Å². The number of nitrogens with zero attached hydrogens (tertiary/aromatic N) is 1. The molecule has 0 atom stereocenters. The summed E-state index contributed by atoms with van der Waals surface area (Å²) in [7, 11) is 0. The molecule has 0 fully saturated rings. The molecule has 1 nitrogen and oxygen atoms in total. The van der Waals surface area contributed by atoms with Crippen LogP contribution in [-0.2, 0) is 0 Å². The summed E-state index contributed by atoms with van der Waals surface area (Å²) in [6, 6.07) is 28.5. The van der Waals surface area contributed by atoms with Crippen LogP contribution in [0.5, 0.6) is 0 Å². The monoisotopic (exact) mass is 399 g/mol. The van der Waals surface area contributed by atoms with E-state index in [1.807, 2.05) is 12.2 Å². The number of hydrogen-bond donors (Lipinski definition) is 0. The van der Waals surface area contributed by atoms with E-state index in [-0.39, 0.29) is 0 Å². The van der Waals surface area contributed by atoms with E-state index in [0.717, 1.165) is 22.5 Å². The fourth-order valence-electron chi connectivity index (χ4n) is 4.58. The zero-order chi connectivity index (χ0) is 21.5. The lowest BCUT2D eigenvalue weighted by Crippen LogP contribution is -2.10. The molecule has 1 aliphatic carbocycles. The van der Waals surface area contributed by atoms with Crippen LogP contribution in [0.1, 0.15) is 22.3 Å². The standard InChI is InChI=1S/C30H25N/c1-5-24-25(6-2)27-18-19-29(28-9-7-8-26(24)30(27)28)31(22-14-10-20(3)11-15-22)23-16-12-21(4)13-17-23/h5-19H,1-2H2,3-4H3. The SMILES string of the molecule is C=CC1=C(C=C)c2ccc(N(c3ccc(C)cc3)c3ccc(C)cc3)c3cccc1c23. The Bertz CT molecular complexity index is 1280. The summed E-state index contributed by atoms with van der Waals surface area (Å²) in [5, 5.41) is 2.50. The minimum atomic E-state index is 1.15. The van der Waals surface area contributed by atoms with Crippen LogP contribution in [0.25, 0.3) is 21.9 Å². The van der Waals surface area contributed by atoms with Crippen LogP contribution in [0.4, 0.5) is 17.1 Å². The van der Waals surface area contributed by atoms with Crippen molar-refractivity contribution in [2.45, 2.75) is 13.8 Å². The van der Waals surface area contributed by atoms with Crippen LogP contribution in [0.15, 0.2) is 104 Å². The molecule has 0 radical (unpaired) electrons. The molecule has 0 unspecified atom stereocenters. The first-order chi connectivity index (χ1) is 15.1. The normalized spacial score (nSPS) is 12.3. The van der Waals surface area contributed by atoms with E-state index in [0.29, 0.717) is 0 Å². The summed E-state index contributed by atoms with van der Waals surface area (Å²) < 4.78 is 0. The fraction of sp³-hybridized carbons (Fsp3) is 0.0667. The van der Waals surface area contributed by atoms with Crippen LogP contribution < -0.4 is 4.90 Å². The quantitative estimate of drug-likeness (QED) is 0.325. The van der Waals surface area contributed by atoms with Crippen LogP contribution in [-0.4, -0.2) is 0 Å². The van der Waals surface area contributed by atoms with E-state index in [9.17, 15) is 0 Å². The maximum Gasteiger partial charge on any atom is 0.0540 e. The van der Waals surface area contributed by atoms with Crippen LogP contribution in [0, 0.1) is 13.8 Å². The first kappa shape index (κ1) is 19.1. The molecule has 0 saturated carbocycles. The van der Waals surface area contributed by atoms with Gasteiger partial charge in [-0.3, -0.25) is 0 Å². The predicted molar refractivity (Wildman–Crippen MR) is 135 cm³/mol. The Balaban J connectivity index is 1.80. The van der Waals surface area contributed by atoms with Gasteiger partial charge in [0.15, 0.2) is 0 Å². The Morgan fingerprint density at radius 3 is 1.65 bits per heavy atom. The number of anilines is 3. The van der Waals surface area contributed by atoms with Crippen LogP contribution in [0.3, 0.4) is 0 Å². The molecular weight excluding hydrogens is 374 g/mol. The van der Waals surface area contributed by atoms with Gasteiger partial charge in [0.1, 0.15) is 0 Å². The van der Waals surface area contributed by atoms with Crippen molar-refractivity contribution in [1.82, 2.24) is 0 Å². The molecule has 0 heterocycles. The van der Waals surface area contributed by atoms with Crippen LogP contribution in [0.2, 0.25) is 0 Å². The molecule has 0 N–H and O–H groups in total. The molecule has 31 heavy (non-hydrogen) atoms. The molecule has 0 aliphatic heterocycles. The Labute approximate surface area is 184 Å². The van der Waals surface area contributed by atoms with Gasteiger partial charge >= 0.3 is 0 Å². The number of allylic oxidation sites excluding steroid dienone is 4. The number of benzene rings is 4. The summed E-state index contributed by atoms with van der Waals surface area (Å²) in [5.74, 6) is 0. The zero-order valence-electron chi connectivity index (χ0n) is 18.0. The number of aryl methyl sites for hydroxylation is 2. The van der Waals surface area contributed by atoms with Gasteiger partial charge in [0.05, 0.1) is 5.69 Å². The molecule has 4 aromatic carbocycles. The van der Waals surface area contributed by atoms with E-state index in [1.54, 1.807) is 0 Å². The second kappa shape index (κ2) is 7.45. The molecule has 150 valence electrons. The smallest absolute Gasteiger partial charge is 0.0540 e. The number of rotatable bonds is 5. The molecule has 0 bridgehead atoms. The van der Waals surface area contributed by atoms with Crippen molar-refractivity contribution >= 4 is 39.0 Å². The highest BCUT2D eigenvalue weighted by molar-refractivity contribution is 6.20. The lowest BCUT2D eigenvalue weighted by atomic mass is 9.99. The lowest BCUT2D eigenvalue weighted by Gasteiger charge is -2.27. The predicted octanol–water partition coefficient (Wildman–Crippen LogP) is 8.52. The fourth-order valence-corrected chi connectivity index (χ4v) is 4.58. The molecule has 0 amide bonds. The third kappa shape index (κ3) is 3.02. The first-order valence-electron chi connectivity index (χ1n) is 10.6. The van der Waals surface area contributed by atoms with Gasteiger partial charge in [0, 0.05) is 16.8 Å². The zero-order valence-corrected chi connectivity index (χ0v) is 18.0. The van der Waals surface area contributed by atoms with E-state index in [4.69, 9.17) is 0 Å². The van der Waals surface area contributed by atoms with Crippen molar-refractivity contribution in [3.8, 4) is 0 Å². The molecule has 0 aromatic heterocycles. The van der Waals surface area contributed by atoms with Gasteiger partial charge in [-0.25, -0.2) is 0 Å². The van der Waals surface area contributed by atoms with Gasteiger partial charge in [0.2, 0.25) is 0 Å². The molecule has 4 aromatic rings. The van der Waals surface area contributed by atoms with Crippen LogP contribution >= 0.6 is 0 Å². The van der Waals surface area contributed by atoms with E-state index < -0.39 is 0 Å². The molecular formula is C30H25N. The maximum absolute atomic E-state index is 4.06. The van der Waals surface area contributed by atoms with Gasteiger partial charge in [-0.05, 0) is 71.8 Å². The Hall–Kier alpha value is -3.84. The third-order valence-corrected chi connectivity index (χ3v) is 6.12. The van der Waals surface area contributed by atoms with Crippen molar-refractivity contribution < 1.29 is 0 Å². The maximum atomic E-state index is 4.06. The molecule has 1 aliphatic rings. The van der Waals surface area contributed by atoms with E-state index >= 15 is 0 Å². The minimum Gasteiger partial charge on any atom is -0.310 e. The lowest BCUT2D eigenvalue weighted by molar-refractivity contribution is 1.28. The highest BCUT2D eigenvalue weighted by Gasteiger charge is 2.24. The molecule has 0 saturated heterocycles. The van der Waals surface area contributed by atoms with Gasteiger partial charge < -0.3 is 4.90 Å². The largest absolute Gasteiger partial charge is 0.310 e. The summed E-state index contributed by atoms with van der Waals surface area (Å²) >= 11 is 0. The second-order valence-corrected chi connectivity index (χ2v) is 8.10. The Morgan fingerprint density at radius 2 is 1.13 bits per heavy atom. The first-order valence-corrected chi connectivity index (χ1v) is 10.6. The van der Waals surface area contributed by atoms with E-state index in [2.05, 4.69) is 111 Å². The molecule has 5 rings (SSSR count). The van der Waals surface area contributed by atoms with Gasteiger partial charge in [0.25, 0.3) is 0 Å². The third-order valence-electron chi connectivity index (χ3n) is 6.12. The van der Waals surface area contributed by atoms with Gasteiger partial charge in [-0.1, -0.05) is 85.0 Å². The molecule has 0 spiro atoms. The van der Waals surface area contributed by atoms with Crippen molar-refractivity contribution in [3.05, 3.63) is 126 Å². The summed E-state index contributed by atoms with van der Waals surface area (Å²) in [6.45, 7) is 12.4. The summed E-state index contributed by atoms with van der Waals surface area (Å²) in [6.07, 6.45) is 3.90. The van der Waals surface area contributed by atoms with Crippen molar-refractivity contribution in [1.29, 1.82) is 0 Å². The highest BCUT2D eigenvalue weighted by Crippen LogP contribution is 2.48. The summed E-state index contributed by atoms with van der Waals surface area (Å²) in [5.41, 5.74) is 10.7. The van der Waals surface area contributed by atoms with Crippen molar-refractivity contribution in [2.24, 2.45) is 0 Å². The highest BCUT2D eigenvalue weighted by atomic mass is 15.1. The molecule has 1 heteroatoms. The number of hydrogen-bond acceptors (Lipinski definition) is 1. The van der Waals surface area contributed by atoms with Crippen molar-refractivity contribution in [3.63, 3.8) is 0 Å².